The quantitative estimate of drug-likeness (QED) is 0.313. The van der Waals surface area contributed by atoms with Gasteiger partial charge in [-0.25, -0.2) is 9.78 Å². The van der Waals surface area contributed by atoms with Gasteiger partial charge >= 0.3 is 5.97 Å². The molecule has 0 saturated heterocycles. The molecule has 1 amide bonds. The molecule has 0 aliphatic rings. The lowest BCUT2D eigenvalue weighted by atomic mass is 10.1. The molecule has 7 nitrogen and oxygen atoms in total. The molecular formula is C25H26N4O3S. The van der Waals surface area contributed by atoms with Crippen molar-refractivity contribution in [3.63, 3.8) is 0 Å². The van der Waals surface area contributed by atoms with Gasteiger partial charge in [-0.1, -0.05) is 35.9 Å². The van der Waals surface area contributed by atoms with Crippen molar-refractivity contribution in [3.05, 3.63) is 70.2 Å². The fourth-order valence-corrected chi connectivity index (χ4v) is 4.36. The maximum absolute atomic E-state index is 12.9. The van der Waals surface area contributed by atoms with E-state index in [1.54, 1.807) is 22.1 Å². The molecule has 0 unspecified atom stereocenters. The summed E-state index contributed by atoms with van der Waals surface area (Å²) in [4.78, 5) is 30.7. The largest absolute Gasteiger partial charge is 0.460 e. The van der Waals surface area contributed by atoms with Gasteiger partial charge in [-0.05, 0) is 43.3 Å². The zero-order valence-corrected chi connectivity index (χ0v) is 19.7. The number of hydrogen-bond donors (Lipinski definition) is 1. The van der Waals surface area contributed by atoms with Crippen LogP contribution in [0.15, 0.2) is 47.8 Å². The van der Waals surface area contributed by atoms with Gasteiger partial charge in [-0.3, -0.25) is 9.48 Å². The molecule has 8 heteroatoms. The van der Waals surface area contributed by atoms with Crippen LogP contribution >= 0.6 is 11.3 Å². The van der Waals surface area contributed by atoms with E-state index in [1.807, 2.05) is 62.7 Å². The number of hydrogen-bond acceptors (Lipinski definition) is 6. The number of carbonyl (C=O) groups excluding carboxylic acids is 2. The number of aryl methyl sites for hydroxylation is 4. The molecule has 0 bridgehead atoms. The Balaban J connectivity index is 1.37. The molecule has 1 N–H and O–H groups in total. The molecule has 0 aliphatic carbocycles. The molecule has 0 fully saturated rings. The second-order valence-electron chi connectivity index (χ2n) is 7.91. The summed E-state index contributed by atoms with van der Waals surface area (Å²) in [5.41, 5.74) is 4.80. The van der Waals surface area contributed by atoms with Crippen LogP contribution < -0.4 is 5.32 Å². The summed E-state index contributed by atoms with van der Waals surface area (Å²) < 4.78 is 7.16. The average molecular weight is 463 g/mol. The molecule has 0 aliphatic heterocycles. The van der Waals surface area contributed by atoms with Crippen molar-refractivity contribution >= 4 is 34.2 Å². The molecule has 33 heavy (non-hydrogen) atoms. The van der Waals surface area contributed by atoms with Crippen LogP contribution in [0.4, 0.5) is 0 Å². The van der Waals surface area contributed by atoms with Crippen LogP contribution in [0.25, 0.3) is 21.6 Å². The van der Waals surface area contributed by atoms with Crippen molar-refractivity contribution in [3.8, 4) is 10.6 Å². The van der Waals surface area contributed by atoms with E-state index >= 15 is 0 Å². The maximum Gasteiger partial charge on any atom is 0.339 e. The van der Waals surface area contributed by atoms with Gasteiger partial charge < -0.3 is 10.1 Å². The predicted molar refractivity (Wildman–Crippen MR) is 129 cm³/mol. The molecule has 0 radical (unpaired) electrons. The fraction of sp³-hybridized carbons (Fsp3) is 0.280. The first kappa shape index (κ1) is 22.7. The minimum absolute atomic E-state index is 0.0685. The highest BCUT2D eigenvalue weighted by molar-refractivity contribution is 7.13. The molecule has 3 aromatic heterocycles. The molecule has 0 spiro atoms. The van der Waals surface area contributed by atoms with Crippen molar-refractivity contribution in [2.75, 3.05) is 13.2 Å². The third-order valence-corrected chi connectivity index (χ3v) is 6.27. The van der Waals surface area contributed by atoms with Gasteiger partial charge in [0.25, 0.3) is 0 Å². The van der Waals surface area contributed by atoms with Crippen LogP contribution in [0.3, 0.4) is 0 Å². The van der Waals surface area contributed by atoms with Crippen molar-refractivity contribution in [2.24, 2.45) is 7.05 Å². The van der Waals surface area contributed by atoms with Gasteiger partial charge in [-0.15, -0.1) is 11.3 Å². The average Bonchev–Trinajstić information content (AvgIpc) is 3.44. The Bertz CT molecular complexity index is 1280. The first-order chi connectivity index (χ1) is 15.9. The third-order valence-electron chi connectivity index (χ3n) is 5.38. The van der Waals surface area contributed by atoms with E-state index in [4.69, 9.17) is 9.72 Å². The standard InChI is InChI=1S/C25H26N4O3S/c1-16-6-8-18(9-7-16)10-11-22(30)26-12-13-32-25(31)19-15-20(21-5-4-14-33-21)27-24-23(19)17(2)28-29(24)3/h4-9,14-15H,10-13H2,1-3H3,(H,26,30). The Morgan fingerprint density at radius 2 is 1.94 bits per heavy atom. The van der Waals surface area contributed by atoms with E-state index in [-0.39, 0.29) is 19.1 Å². The summed E-state index contributed by atoms with van der Waals surface area (Å²) in [7, 11) is 1.81. The van der Waals surface area contributed by atoms with Crippen LogP contribution in [-0.4, -0.2) is 39.8 Å². The molecule has 170 valence electrons. The molecule has 1 aromatic carbocycles. The van der Waals surface area contributed by atoms with E-state index in [9.17, 15) is 9.59 Å². The molecule has 3 heterocycles. The number of benzene rings is 1. The minimum atomic E-state index is -0.454. The maximum atomic E-state index is 12.9. The first-order valence-corrected chi connectivity index (χ1v) is 11.7. The second kappa shape index (κ2) is 9.95. The van der Waals surface area contributed by atoms with Gasteiger partial charge in [0.1, 0.15) is 6.61 Å². The second-order valence-corrected chi connectivity index (χ2v) is 8.86. The van der Waals surface area contributed by atoms with Crippen LogP contribution in [0, 0.1) is 13.8 Å². The summed E-state index contributed by atoms with van der Waals surface area (Å²) in [5, 5.41) is 9.89. The van der Waals surface area contributed by atoms with E-state index in [0.29, 0.717) is 40.8 Å². The van der Waals surface area contributed by atoms with Crippen LogP contribution in [0.1, 0.15) is 33.6 Å². The van der Waals surface area contributed by atoms with Crippen LogP contribution in [0.5, 0.6) is 0 Å². The number of fused-ring (bicyclic) bond motifs is 1. The molecule has 0 saturated carbocycles. The highest BCUT2D eigenvalue weighted by Crippen LogP contribution is 2.29. The summed E-state index contributed by atoms with van der Waals surface area (Å²) in [5.74, 6) is -0.522. The van der Waals surface area contributed by atoms with Crippen molar-refractivity contribution in [2.45, 2.75) is 26.7 Å². The topological polar surface area (TPSA) is 86.1 Å². The van der Waals surface area contributed by atoms with E-state index in [1.165, 1.54) is 5.56 Å². The van der Waals surface area contributed by atoms with Crippen LogP contribution in [-0.2, 0) is 23.0 Å². The van der Waals surface area contributed by atoms with E-state index in [2.05, 4.69) is 10.4 Å². The van der Waals surface area contributed by atoms with Gasteiger partial charge in [0.2, 0.25) is 5.91 Å². The number of carbonyl (C=O) groups is 2. The molecular weight excluding hydrogens is 436 g/mol. The Hall–Kier alpha value is -3.52. The number of nitrogens with one attached hydrogen (secondary N) is 1. The smallest absolute Gasteiger partial charge is 0.339 e. The number of thiophene rings is 1. The minimum Gasteiger partial charge on any atom is -0.460 e. The number of ether oxygens (including phenoxy) is 1. The lowest BCUT2D eigenvalue weighted by Crippen LogP contribution is -2.28. The molecule has 4 aromatic rings. The molecule has 4 rings (SSSR count). The van der Waals surface area contributed by atoms with Crippen molar-refractivity contribution in [1.82, 2.24) is 20.1 Å². The number of amides is 1. The highest BCUT2D eigenvalue weighted by atomic mass is 32.1. The van der Waals surface area contributed by atoms with Crippen molar-refractivity contribution in [1.29, 1.82) is 0 Å². The first-order valence-electron chi connectivity index (χ1n) is 10.8. The van der Waals surface area contributed by atoms with Gasteiger partial charge in [0.05, 0.1) is 33.8 Å². The zero-order valence-electron chi connectivity index (χ0n) is 18.9. The van der Waals surface area contributed by atoms with E-state index in [0.717, 1.165) is 10.4 Å². The normalized spacial score (nSPS) is 11.0. The summed E-state index contributed by atoms with van der Waals surface area (Å²) in [6, 6.07) is 13.8. The third kappa shape index (κ3) is 5.28. The number of esters is 1. The SMILES string of the molecule is Cc1ccc(CCC(=O)NCCOC(=O)c2cc(-c3cccs3)nc3c2c(C)nn3C)cc1. The Morgan fingerprint density at radius 1 is 1.15 bits per heavy atom. The lowest BCUT2D eigenvalue weighted by molar-refractivity contribution is -0.121. The monoisotopic (exact) mass is 462 g/mol. The number of rotatable bonds is 8. The zero-order chi connectivity index (χ0) is 23.4. The fourth-order valence-electron chi connectivity index (χ4n) is 3.67. The Labute approximate surface area is 196 Å². The molecule has 0 atom stereocenters. The summed E-state index contributed by atoms with van der Waals surface area (Å²) in [6.45, 7) is 4.23. The number of aromatic nitrogens is 3. The van der Waals surface area contributed by atoms with Crippen LogP contribution in [0.2, 0.25) is 0 Å². The number of nitrogens with zero attached hydrogens (tertiary/aromatic N) is 3. The lowest BCUT2D eigenvalue weighted by Gasteiger charge is -2.09. The summed E-state index contributed by atoms with van der Waals surface area (Å²) >= 11 is 1.55. The van der Waals surface area contributed by atoms with E-state index < -0.39 is 5.97 Å². The van der Waals surface area contributed by atoms with Gasteiger partial charge in [0.15, 0.2) is 5.65 Å². The Morgan fingerprint density at radius 3 is 2.67 bits per heavy atom. The predicted octanol–water partition coefficient (Wildman–Crippen LogP) is 4.22. The van der Waals surface area contributed by atoms with Gasteiger partial charge in [0, 0.05) is 13.5 Å². The van der Waals surface area contributed by atoms with Gasteiger partial charge in [-0.2, -0.15) is 5.10 Å². The van der Waals surface area contributed by atoms with Crippen molar-refractivity contribution < 1.29 is 14.3 Å². The Kier molecular flexibility index (Phi) is 6.84. The highest BCUT2D eigenvalue weighted by Gasteiger charge is 2.20. The summed E-state index contributed by atoms with van der Waals surface area (Å²) in [6.07, 6.45) is 1.06. The number of pyridine rings is 1.